The van der Waals surface area contributed by atoms with Crippen molar-refractivity contribution >= 4 is 28.4 Å². The number of carboxylic acid groups (broad SMARTS) is 1. The van der Waals surface area contributed by atoms with E-state index in [9.17, 15) is 9.90 Å². The molecule has 0 amide bonds. The Balaban J connectivity index is 1.76. The van der Waals surface area contributed by atoms with Gasteiger partial charge in [0, 0.05) is 11.1 Å². The zero-order valence-corrected chi connectivity index (χ0v) is 17.0. The lowest BCUT2D eigenvalue weighted by Crippen LogP contribution is -1.98. The molecule has 3 aromatic carbocycles. The van der Waals surface area contributed by atoms with E-state index in [1.807, 2.05) is 42.5 Å². The van der Waals surface area contributed by atoms with Crippen molar-refractivity contribution in [3.63, 3.8) is 0 Å². The van der Waals surface area contributed by atoms with Crippen LogP contribution in [0.3, 0.4) is 0 Å². The number of carboxylic acids is 1. The number of hydrogen-bond donors (Lipinski definition) is 1. The first-order valence-electron chi connectivity index (χ1n) is 9.55. The summed E-state index contributed by atoms with van der Waals surface area (Å²) in [5, 5.41) is 15.5. The largest absolute Gasteiger partial charge is 0.493 e. The van der Waals surface area contributed by atoms with E-state index in [1.165, 1.54) is 0 Å². The third-order valence-corrected chi connectivity index (χ3v) is 4.84. The number of methoxy groups -OCH3 is 2. The predicted octanol–water partition coefficient (Wildman–Crippen LogP) is 4.92. The third kappa shape index (κ3) is 4.25. The quantitative estimate of drug-likeness (QED) is 0.457. The van der Waals surface area contributed by atoms with Crippen LogP contribution >= 0.6 is 0 Å². The molecule has 4 rings (SSSR count). The van der Waals surface area contributed by atoms with Gasteiger partial charge in [0.05, 0.1) is 20.6 Å². The molecule has 0 saturated carbocycles. The normalized spacial score (nSPS) is 11.5. The predicted molar refractivity (Wildman–Crippen MR) is 117 cm³/mol. The molecule has 0 fully saturated rings. The zero-order valence-electron chi connectivity index (χ0n) is 17.0. The smallest absolute Gasteiger partial charge is 0.308 e. The SMILES string of the molecule is COc1ccc(-c2noc(/C(=C/c3cccc4ccccc34)CC(=O)O)n2)cc1OC. The Kier molecular flexibility index (Phi) is 5.66. The Morgan fingerprint density at radius 1 is 1.03 bits per heavy atom. The van der Waals surface area contributed by atoms with Crippen molar-refractivity contribution in [1.29, 1.82) is 0 Å². The highest BCUT2D eigenvalue weighted by Crippen LogP contribution is 2.32. The van der Waals surface area contributed by atoms with Crippen LogP contribution in [0, 0.1) is 0 Å². The van der Waals surface area contributed by atoms with Gasteiger partial charge < -0.3 is 19.1 Å². The van der Waals surface area contributed by atoms with Gasteiger partial charge in [-0.05, 0) is 40.6 Å². The summed E-state index contributed by atoms with van der Waals surface area (Å²) in [6, 6.07) is 19.0. The topological polar surface area (TPSA) is 94.7 Å². The minimum atomic E-state index is -0.989. The zero-order chi connectivity index (χ0) is 21.8. The highest BCUT2D eigenvalue weighted by molar-refractivity contribution is 5.97. The number of ether oxygens (including phenoxy) is 2. The standard InChI is InChI=1S/C24H20N2O5/c1-29-20-11-10-17(13-21(20)30-2)23-25-24(31-26-23)18(14-22(27)28)12-16-8-5-7-15-6-3-4-9-19(15)16/h3-13H,14H2,1-2H3,(H,27,28)/b18-12+. The highest BCUT2D eigenvalue weighted by atomic mass is 16.5. The van der Waals surface area contributed by atoms with Crippen molar-refractivity contribution in [2.75, 3.05) is 14.2 Å². The van der Waals surface area contributed by atoms with Crippen molar-refractivity contribution in [3.8, 4) is 22.9 Å². The Morgan fingerprint density at radius 3 is 2.58 bits per heavy atom. The summed E-state index contributed by atoms with van der Waals surface area (Å²) in [7, 11) is 3.10. The molecule has 0 saturated heterocycles. The van der Waals surface area contributed by atoms with E-state index in [-0.39, 0.29) is 12.3 Å². The van der Waals surface area contributed by atoms with E-state index in [0.29, 0.717) is 28.5 Å². The number of nitrogens with zero attached hydrogens (tertiary/aromatic N) is 2. The van der Waals surface area contributed by atoms with Crippen molar-refractivity contribution < 1.29 is 23.9 Å². The van der Waals surface area contributed by atoms with Gasteiger partial charge >= 0.3 is 5.97 Å². The number of aromatic nitrogens is 2. The third-order valence-electron chi connectivity index (χ3n) is 4.84. The van der Waals surface area contributed by atoms with Crippen molar-refractivity contribution in [3.05, 3.63) is 72.1 Å². The van der Waals surface area contributed by atoms with Crippen molar-refractivity contribution in [1.82, 2.24) is 10.1 Å². The molecule has 0 aliphatic carbocycles. The van der Waals surface area contributed by atoms with Crippen LogP contribution in [-0.2, 0) is 4.79 Å². The molecule has 7 nitrogen and oxygen atoms in total. The van der Waals surface area contributed by atoms with E-state index >= 15 is 0 Å². The molecule has 0 bridgehead atoms. The van der Waals surface area contributed by atoms with E-state index in [0.717, 1.165) is 16.3 Å². The van der Waals surface area contributed by atoms with Gasteiger partial charge in [0.15, 0.2) is 11.5 Å². The molecule has 1 heterocycles. The number of hydrogen-bond acceptors (Lipinski definition) is 6. The molecule has 156 valence electrons. The molecule has 1 N–H and O–H groups in total. The lowest BCUT2D eigenvalue weighted by molar-refractivity contribution is -0.135. The summed E-state index contributed by atoms with van der Waals surface area (Å²) >= 11 is 0. The Labute approximate surface area is 178 Å². The van der Waals surface area contributed by atoms with E-state index in [1.54, 1.807) is 38.5 Å². The molecular weight excluding hydrogens is 396 g/mol. The van der Waals surface area contributed by atoms with E-state index < -0.39 is 5.97 Å². The maximum Gasteiger partial charge on any atom is 0.308 e. The van der Waals surface area contributed by atoms with Gasteiger partial charge in [-0.15, -0.1) is 0 Å². The number of rotatable bonds is 7. The molecule has 0 atom stereocenters. The number of benzene rings is 3. The van der Waals surface area contributed by atoms with Gasteiger partial charge in [0.25, 0.3) is 5.89 Å². The maximum absolute atomic E-state index is 11.5. The van der Waals surface area contributed by atoms with Crippen LogP contribution < -0.4 is 9.47 Å². The Hall–Kier alpha value is -4.13. The summed E-state index contributed by atoms with van der Waals surface area (Å²) in [5.74, 6) is 0.600. The maximum atomic E-state index is 11.5. The minimum Gasteiger partial charge on any atom is -0.493 e. The first kappa shape index (κ1) is 20.2. The van der Waals surface area contributed by atoms with Crippen LogP contribution in [0.1, 0.15) is 17.9 Å². The second-order valence-corrected chi connectivity index (χ2v) is 6.80. The second kappa shape index (κ2) is 8.71. The molecule has 7 heteroatoms. The van der Waals surface area contributed by atoms with Crippen LogP contribution in [0.4, 0.5) is 0 Å². The molecule has 0 spiro atoms. The summed E-state index contributed by atoms with van der Waals surface area (Å²) < 4.78 is 16.0. The van der Waals surface area contributed by atoms with Gasteiger partial charge in [0.2, 0.25) is 5.82 Å². The van der Waals surface area contributed by atoms with Gasteiger partial charge in [-0.1, -0.05) is 47.6 Å². The highest BCUT2D eigenvalue weighted by Gasteiger charge is 2.17. The molecule has 1 aromatic heterocycles. The number of carbonyl (C=O) groups is 1. The van der Waals surface area contributed by atoms with Crippen molar-refractivity contribution in [2.45, 2.75) is 6.42 Å². The van der Waals surface area contributed by atoms with Crippen LogP contribution in [0.2, 0.25) is 0 Å². The minimum absolute atomic E-state index is 0.153. The first-order chi connectivity index (χ1) is 15.1. The fraction of sp³-hybridized carbons (Fsp3) is 0.125. The lowest BCUT2D eigenvalue weighted by Gasteiger charge is -2.07. The summed E-state index contributed by atoms with van der Waals surface area (Å²) in [6.07, 6.45) is 1.53. The lowest BCUT2D eigenvalue weighted by atomic mass is 10.0. The molecule has 31 heavy (non-hydrogen) atoms. The van der Waals surface area contributed by atoms with Crippen LogP contribution in [0.25, 0.3) is 33.8 Å². The molecule has 0 radical (unpaired) electrons. The van der Waals surface area contributed by atoms with Gasteiger partial charge in [-0.25, -0.2) is 0 Å². The average Bonchev–Trinajstić information content (AvgIpc) is 3.28. The van der Waals surface area contributed by atoms with Gasteiger partial charge in [-0.2, -0.15) is 4.98 Å². The van der Waals surface area contributed by atoms with E-state index in [2.05, 4.69) is 10.1 Å². The van der Waals surface area contributed by atoms with Crippen LogP contribution in [0.5, 0.6) is 11.5 Å². The fourth-order valence-corrected chi connectivity index (χ4v) is 3.36. The Morgan fingerprint density at radius 2 is 1.81 bits per heavy atom. The first-order valence-corrected chi connectivity index (χ1v) is 9.55. The van der Waals surface area contributed by atoms with Gasteiger partial charge in [-0.3, -0.25) is 4.79 Å². The molecule has 4 aromatic rings. The summed E-state index contributed by atoms with van der Waals surface area (Å²) in [6.45, 7) is 0. The fourth-order valence-electron chi connectivity index (χ4n) is 3.36. The van der Waals surface area contributed by atoms with Crippen LogP contribution in [-0.4, -0.2) is 35.4 Å². The van der Waals surface area contributed by atoms with Crippen molar-refractivity contribution in [2.24, 2.45) is 0 Å². The monoisotopic (exact) mass is 416 g/mol. The number of aliphatic carboxylic acids is 1. The Bertz CT molecular complexity index is 1270. The molecule has 0 unspecified atom stereocenters. The molecular formula is C24H20N2O5. The average molecular weight is 416 g/mol. The van der Waals surface area contributed by atoms with E-state index in [4.69, 9.17) is 14.0 Å². The molecule has 0 aliphatic rings. The summed E-state index contributed by atoms with van der Waals surface area (Å²) in [4.78, 5) is 15.9. The number of fused-ring (bicyclic) bond motifs is 1. The summed E-state index contributed by atoms with van der Waals surface area (Å²) in [5.41, 5.74) is 1.95. The van der Waals surface area contributed by atoms with Gasteiger partial charge in [0.1, 0.15) is 0 Å². The van der Waals surface area contributed by atoms with Crippen LogP contribution in [0.15, 0.2) is 65.2 Å². The second-order valence-electron chi connectivity index (χ2n) is 6.80. The molecule has 0 aliphatic heterocycles.